The van der Waals surface area contributed by atoms with Gasteiger partial charge in [-0.1, -0.05) is 11.6 Å². The van der Waals surface area contributed by atoms with Gasteiger partial charge in [0.25, 0.3) is 0 Å². The van der Waals surface area contributed by atoms with Crippen LogP contribution in [0.5, 0.6) is 0 Å². The molecule has 0 aliphatic carbocycles. The summed E-state index contributed by atoms with van der Waals surface area (Å²) in [6, 6.07) is 10.3. The largest absolute Gasteiger partial charge is 0.340 e. The average molecular weight is 446 g/mol. The number of anilines is 2. The molecule has 1 aliphatic rings. The van der Waals surface area contributed by atoms with Crippen molar-refractivity contribution in [3.05, 3.63) is 64.9 Å². The fourth-order valence-electron chi connectivity index (χ4n) is 3.56. The van der Waals surface area contributed by atoms with Crippen LogP contribution >= 0.6 is 11.6 Å². The summed E-state index contributed by atoms with van der Waals surface area (Å²) in [6.07, 6.45) is 0. The molecule has 0 radical (unpaired) electrons. The Hall–Kier alpha value is -2.97. The van der Waals surface area contributed by atoms with Gasteiger partial charge in [-0.15, -0.1) is 0 Å². The van der Waals surface area contributed by atoms with E-state index in [-0.39, 0.29) is 16.7 Å². The normalized spacial score (nSPS) is 13.8. The first kappa shape index (κ1) is 21.3. The van der Waals surface area contributed by atoms with Crippen molar-refractivity contribution in [1.82, 2.24) is 14.5 Å². The van der Waals surface area contributed by atoms with Crippen LogP contribution in [0.15, 0.2) is 42.5 Å². The molecule has 162 valence electrons. The van der Waals surface area contributed by atoms with Gasteiger partial charge in [0.2, 0.25) is 5.91 Å². The smallest absolute Gasteiger partial charge is 0.242 e. The average Bonchev–Trinajstić information content (AvgIpc) is 3.07. The van der Waals surface area contributed by atoms with Gasteiger partial charge in [-0.25, -0.2) is 13.8 Å². The van der Waals surface area contributed by atoms with Crippen molar-refractivity contribution in [2.24, 2.45) is 5.73 Å². The second kappa shape index (κ2) is 7.94. The lowest BCUT2D eigenvalue weighted by Gasteiger charge is -2.33. The van der Waals surface area contributed by atoms with Crippen LogP contribution in [0, 0.1) is 11.6 Å². The molecule has 0 bridgehead atoms. The first-order chi connectivity index (χ1) is 14.6. The molecule has 2 aromatic carbocycles. The van der Waals surface area contributed by atoms with Gasteiger partial charge in [-0.2, -0.15) is 0 Å². The van der Waals surface area contributed by atoms with Crippen LogP contribution in [0.25, 0.3) is 11.3 Å². The van der Waals surface area contributed by atoms with Crippen molar-refractivity contribution in [2.75, 3.05) is 11.9 Å². The number of halogens is 3. The summed E-state index contributed by atoms with van der Waals surface area (Å²) in [5.74, 6) is 0.293. The third kappa shape index (κ3) is 4.26. The summed E-state index contributed by atoms with van der Waals surface area (Å²) in [6.45, 7) is 4.59. The summed E-state index contributed by atoms with van der Waals surface area (Å²) in [7, 11) is 0. The molecule has 2 heterocycles. The first-order valence-corrected chi connectivity index (χ1v) is 10.2. The summed E-state index contributed by atoms with van der Waals surface area (Å²) in [5.41, 5.74) is 6.88. The standard InChI is InChI=1S/C22H22ClF2N5O/c1-22(2,26)21(31)29-9-10-30-18(12-29)28-19(13-3-5-14(24)6-4-13)20(30)27-15-7-8-17(25)16(23)11-15/h3-8,11,27H,9-10,12,26H2,1-2H3. The maximum atomic E-state index is 13.6. The maximum absolute atomic E-state index is 13.6. The zero-order chi connectivity index (χ0) is 22.3. The topological polar surface area (TPSA) is 76.2 Å². The van der Waals surface area contributed by atoms with Crippen molar-refractivity contribution in [3.8, 4) is 11.3 Å². The van der Waals surface area contributed by atoms with E-state index >= 15 is 0 Å². The second-order valence-corrected chi connectivity index (χ2v) is 8.49. The highest BCUT2D eigenvalue weighted by atomic mass is 35.5. The molecule has 1 aromatic heterocycles. The minimum atomic E-state index is -0.986. The van der Waals surface area contributed by atoms with E-state index in [9.17, 15) is 13.6 Å². The zero-order valence-corrected chi connectivity index (χ0v) is 17.9. The van der Waals surface area contributed by atoms with E-state index in [0.29, 0.717) is 48.2 Å². The molecule has 6 nitrogen and oxygen atoms in total. The Morgan fingerprint density at radius 2 is 1.87 bits per heavy atom. The molecule has 1 aliphatic heterocycles. The highest BCUT2D eigenvalue weighted by Crippen LogP contribution is 2.34. The van der Waals surface area contributed by atoms with E-state index < -0.39 is 11.4 Å². The number of nitrogens with zero attached hydrogens (tertiary/aromatic N) is 3. The predicted octanol–water partition coefficient (Wildman–Crippen LogP) is 4.30. The Balaban J connectivity index is 1.76. The zero-order valence-electron chi connectivity index (χ0n) is 17.1. The summed E-state index contributed by atoms with van der Waals surface area (Å²) in [4.78, 5) is 19.1. The van der Waals surface area contributed by atoms with Gasteiger partial charge in [0, 0.05) is 24.3 Å². The molecule has 3 N–H and O–H groups in total. The van der Waals surface area contributed by atoms with Crippen LogP contribution in [0.3, 0.4) is 0 Å². The van der Waals surface area contributed by atoms with Gasteiger partial charge in [-0.3, -0.25) is 4.79 Å². The number of imidazole rings is 1. The van der Waals surface area contributed by atoms with Crippen molar-refractivity contribution in [2.45, 2.75) is 32.5 Å². The number of nitrogens with two attached hydrogens (primary N) is 1. The van der Waals surface area contributed by atoms with E-state index in [1.165, 1.54) is 24.3 Å². The minimum Gasteiger partial charge on any atom is -0.340 e. The third-order valence-corrected chi connectivity index (χ3v) is 5.40. The molecule has 9 heteroatoms. The van der Waals surface area contributed by atoms with Gasteiger partial charge in [0.15, 0.2) is 0 Å². The van der Waals surface area contributed by atoms with E-state index in [1.54, 1.807) is 36.9 Å². The SMILES string of the molecule is CC(C)(N)C(=O)N1CCn2c(nc(-c3ccc(F)cc3)c2Nc2ccc(F)c(Cl)c2)C1. The summed E-state index contributed by atoms with van der Waals surface area (Å²) in [5, 5.41) is 3.26. The van der Waals surface area contributed by atoms with Crippen molar-refractivity contribution < 1.29 is 13.6 Å². The van der Waals surface area contributed by atoms with Crippen LogP contribution in [0.1, 0.15) is 19.7 Å². The Morgan fingerprint density at radius 3 is 2.52 bits per heavy atom. The van der Waals surface area contributed by atoms with Crippen LogP contribution in [-0.4, -0.2) is 32.4 Å². The predicted molar refractivity (Wildman–Crippen MR) is 116 cm³/mol. The van der Waals surface area contributed by atoms with Crippen molar-refractivity contribution >= 4 is 29.0 Å². The van der Waals surface area contributed by atoms with Crippen molar-refractivity contribution in [1.29, 1.82) is 0 Å². The lowest BCUT2D eigenvalue weighted by molar-refractivity contribution is -0.137. The van der Waals surface area contributed by atoms with Gasteiger partial charge in [0.05, 0.1) is 17.1 Å². The van der Waals surface area contributed by atoms with E-state index in [1.807, 2.05) is 4.57 Å². The molecule has 0 unspecified atom stereocenters. The Kier molecular flexibility index (Phi) is 5.45. The molecule has 0 fully saturated rings. The van der Waals surface area contributed by atoms with Gasteiger partial charge in [-0.05, 0) is 56.3 Å². The minimum absolute atomic E-state index is 0.00587. The van der Waals surface area contributed by atoms with E-state index in [2.05, 4.69) is 5.32 Å². The number of fused-ring (bicyclic) bond motifs is 1. The number of benzene rings is 2. The molecule has 3 aromatic rings. The Morgan fingerprint density at radius 1 is 1.16 bits per heavy atom. The van der Waals surface area contributed by atoms with Crippen LogP contribution in [0.4, 0.5) is 20.3 Å². The van der Waals surface area contributed by atoms with Crippen LogP contribution in [-0.2, 0) is 17.9 Å². The molecular weight excluding hydrogens is 424 g/mol. The number of carbonyl (C=O) groups is 1. The molecule has 0 atom stereocenters. The quantitative estimate of drug-likeness (QED) is 0.627. The molecule has 0 spiro atoms. The molecule has 31 heavy (non-hydrogen) atoms. The third-order valence-electron chi connectivity index (χ3n) is 5.11. The number of rotatable bonds is 4. The fraction of sp³-hybridized carbons (Fsp3) is 0.273. The highest BCUT2D eigenvalue weighted by Gasteiger charge is 2.32. The van der Waals surface area contributed by atoms with Crippen molar-refractivity contribution in [3.63, 3.8) is 0 Å². The lowest BCUT2D eigenvalue weighted by atomic mass is 10.1. The van der Waals surface area contributed by atoms with E-state index in [4.69, 9.17) is 22.3 Å². The molecule has 0 saturated carbocycles. The van der Waals surface area contributed by atoms with Gasteiger partial charge in [0.1, 0.15) is 29.0 Å². The Bertz CT molecular complexity index is 1140. The summed E-state index contributed by atoms with van der Waals surface area (Å²) >= 11 is 5.93. The number of aromatic nitrogens is 2. The highest BCUT2D eigenvalue weighted by molar-refractivity contribution is 6.31. The molecule has 4 rings (SSSR count). The molecule has 1 amide bonds. The number of hydrogen-bond donors (Lipinski definition) is 2. The van der Waals surface area contributed by atoms with Crippen LogP contribution in [0.2, 0.25) is 5.02 Å². The number of amides is 1. The van der Waals surface area contributed by atoms with E-state index in [0.717, 1.165) is 0 Å². The Labute approximate surface area is 183 Å². The second-order valence-electron chi connectivity index (χ2n) is 8.09. The van der Waals surface area contributed by atoms with Gasteiger partial charge >= 0.3 is 0 Å². The monoisotopic (exact) mass is 445 g/mol. The number of hydrogen-bond acceptors (Lipinski definition) is 4. The first-order valence-electron chi connectivity index (χ1n) is 9.79. The van der Waals surface area contributed by atoms with Crippen LogP contribution < -0.4 is 11.1 Å². The van der Waals surface area contributed by atoms with Gasteiger partial charge < -0.3 is 20.5 Å². The molecule has 0 saturated heterocycles. The number of carbonyl (C=O) groups excluding carboxylic acids is 1. The summed E-state index contributed by atoms with van der Waals surface area (Å²) < 4.78 is 29.0. The molecular formula is C22H22ClF2N5O. The fourth-order valence-corrected chi connectivity index (χ4v) is 3.74. The number of nitrogens with one attached hydrogen (secondary N) is 1. The maximum Gasteiger partial charge on any atom is 0.242 e. The lowest BCUT2D eigenvalue weighted by Crippen LogP contribution is -2.52.